The van der Waals surface area contributed by atoms with Gasteiger partial charge >= 0.3 is 0 Å². The maximum atomic E-state index is 13.7. The normalized spacial score (nSPS) is 42.9. The summed E-state index contributed by atoms with van der Waals surface area (Å²) in [5, 5.41) is 16.4. The summed E-state index contributed by atoms with van der Waals surface area (Å²) in [6.07, 6.45) is 15.2. The second-order valence-corrected chi connectivity index (χ2v) is 12.9. The number of carbonyl (C=O) groups is 1. The lowest BCUT2D eigenvalue weighted by Gasteiger charge is -2.62. The summed E-state index contributed by atoms with van der Waals surface area (Å²) in [5.74, 6) is 2.96. The van der Waals surface area contributed by atoms with Crippen LogP contribution in [-0.4, -0.2) is 45.0 Å². The third-order valence-electron chi connectivity index (χ3n) is 11.2. The van der Waals surface area contributed by atoms with Crippen LogP contribution in [0, 0.1) is 40.4 Å². The SMILES string of the molecule is COC[C@]12CC[C@@](C)(O)C[C@H]1CC[C@H]1[C@@H]3CC[C@H](C(=O)Cn4ncc5ccncc54)[C@@]3(C)CC[C@@H]12. The molecule has 0 unspecified atom stereocenters. The monoisotopic (exact) mass is 479 g/mol. The molecular weight excluding hydrogens is 438 g/mol. The summed E-state index contributed by atoms with van der Waals surface area (Å²) < 4.78 is 7.74. The molecule has 190 valence electrons. The lowest BCUT2D eigenvalue weighted by Crippen LogP contribution is -2.58. The van der Waals surface area contributed by atoms with E-state index in [4.69, 9.17) is 4.74 Å². The van der Waals surface area contributed by atoms with Crippen LogP contribution in [0.2, 0.25) is 0 Å². The van der Waals surface area contributed by atoms with E-state index in [0.717, 1.165) is 49.6 Å². The predicted molar refractivity (Wildman–Crippen MR) is 135 cm³/mol. The first kappa shape index (κ1) is 23.6. The number of pyridine rings is 1. The van der Waals surface area contributed by atoms with Gasteiger partial charge in [0.05, 0.1) is 30.1 Å². The minimum absolute atomic E-state index is 0.0840. The molecule has 0 radical (unpaired) electrons. The van der Waals surface area contributed by atoms with Crippen LogP contribution < -0.4 is 0 Å². The van der Waals surface area contributed by atoms with Gasteiger partial charge in [0.2, 0.25) is 0 Å². The van der Waals surface area contributed by atoms with Gasteiger partial charge in [-0.3, -0.25) is 14.5 Å². The van der Waals surface area contributed by atoms with Gasteiger partial charge in [0.1, 0.15) is 6.54 Å². The Morgan fingerprint density at radius 3 is 2.80 bits per heavy atom. The van der Waals surface area contributed by atoms with Gasteiger partial charge < -0.3 is 9.84 Å². The molecule has 0 bridgehead atoms. The number of Topliss-reactive ketones (excluding diaryl/α,β-unsaturated/α-hetero) is 1. The van der Waals surface area contributed by atoms with Gasteiger partial charge in [-0.2, -0.15) is 5.10 Å². The molecule has 0 spiro atoms. The Balaban J connectivity index is 1.24. The number of ether oxygens (including phenoxy) is 1. The standard InChI is InChI=1S/C29H41N3O3/c1-27(34)11-12-29(18-35-3)20(14-27)4-5-21-22-6-7-24(28(22,2)10-8-23(21)29)26(33)17-32-25-16-30-13-9-19(25)15-31-32/h9,13,15-16,20-24,34H,4-8,10-12,14,17-18H2,1-3H3/t20-,21+,22+,23+,24-,27-,28+,29-/m1/s1. The summed E-state index contributed by atoms with van der Waals surface area (Å²) in [6, 6.07) is 1.95. The summed E-state index contributed by atoms with van der Waals surface area (Å²) in [5.41, 5.74) is 0.692. The van der Waals surface area contributed by atoms with Crippen molar-refractivity contribution in [1.82, 2.24) is 14.8 Å². The third-order valence-corrected chi connectivity index (χ3v) is 11.2. The Morgan fingerprint density at radius 1 is 1.11 bits per heavy atom. The van der Waals surface area contributed by atoms with E-state index in [1.54, 1.807) is 6.20 Å². The fourth-order valence-corrected chi connectivity index (χ4v) is 9.61. The number of ketones is 1. The first-order valence-electron chi connectivity index (χ1n) is 13.8. The van der Waals surface area contributed by atoms with Crippen molar-refractivity contribution in [2.24, 2.45) is 40.4 Å². The predicted octanol–water partition coefficient (Wildman–Crippen LogP) is 5.04. The van der Waals surface area contributed by atoms with Crippen LogP contribution >= 0.6 is 0 Å². The smallest absolute Gasteiger partial charge is 0.157 e. The van der Waals surface area contributed by atoms with Gasteiger partial charge in [-0.15, -0.1) is 0 Å². The van der Waals surface area contributed by atoms with Gasteiger partial charge in [-0.1, -0.05) is 6.92 Å². The number of hydrogen-bond acceptors (Lipinski definition) is 5. The summed E-state index contributed by atoms with van der Waals surface area (Å²) >= 11 is 0. The molecule has 1 N–H and O–H groups in total. The average molecular weight is 480 g/mol. The molecule has 2 aromatic heterocycles. The Hall–Kier alpha value is -1.79. The first-order valence-corrected chi connectivity index (χ1v) is 13.8. The van der Waals surface area contributed by atoms with Crippen LogP contribution in [0.15, 0.2) is 24.7 Å². The number of nitrogens with zero attached hydrogens (tertiary/aromatic N) is 3. The van der Waals surface area contributed by atoms with E-state index < -0.39 is 5.60 Å². The highest BCUT2D eigenvalue weighted by molar-refractivity contribution is 5.84. The van der Waals surface area contributed by atoms with Crippen LogP contribution in [0.1, 0.15) is 71.6 Å². The van der Waals surface area contributed by atoms with Gasteiger partial charge in [-0.05, 0) is 105 Å². The highest BCUT2D eigenvalue weighted by Crippen LogP contribution is 2.68. The van der Waals surface area contributed by atoms with Crippen molar-refractivity contribution in [3.63, 3.8) is 0 Å². The van der Waals surface area contributed by atoms with Crippen molar-refractivity contribution >= 4 is 16.7 Å². The fraction of sp³-hybridized carbons (Fsp3) is 0.759. The van der Waals surface area contributed by atoms with Gasteiger partial charge in [0.15, 0.2) is 5.78 Å². The van der Waals surface area contributed by atoms with E-state index in [-0.39, 0.29) is 16.7 Å². The van der Waals surface area contributed by atoms with E-state index in [1.807, 2.05) is 37.2 Å². The molecule has 35 heavy (non-hydrogen) atoms. The molecule has 6 heteroatoms. The maximum absolute atomic E-state index is 13.7. The molecule has 2 aromatic rings. The average Bonchev–Trinajstić information content (AvgIpc) is 3.40. The number of aliphatic hydroxyl groups is 1. The minimum atomic E-state index is -0.533. The molecule has 4 aliphatic carbocycles. The Bertz CT molecular complexity index is 1110. The second-order valence-electron chi connectivity index (χ2n) is 12.9. The topological polar surface area (TPSA) is 77.2 Å². The molecule has 4 aliphatic rings. The largest absolute Gasteiger partial charge is 0.390 e. The summed E-state index contributed by atoms with van der Waals surface area (Å²) in [7, 11) is 1.86. The Kier molecular flexibility index (Phi) is 5.65. The molecule has 2 heterocycles. The minimum Gasteiger partial charge on any atom is -0.390 e. The van der Waals surface area contributed by atoms with Crippen LogP contribution in [0.4, 0.5) is 0 Å². The second kappa shape index (κ2) is 8.37. The number of carbonyl (C=O) groups excluding carboxylic acids is 1. The van der Waals surface area contributed by atoms with Gasteiger partial charge in [0, 0.05) is 24.6 Å². The lowest BCUT2D eigenvalue weighted by molar-refractivity contribution is -0.175. The van der Waals surface area contributed by atoms with Crippen molar-refractivity contribution in [1.29, 1.82) is 0 Å². The van der Waals surface area contributed by atoms with E-state index in [9.17, 15) is 9.90 Å². The number of methoxy groups -OCH3 is 1. The van der Waals surface area contributed by atoms with Crippen molar-refractivity contribution in [3.8, 4) is 0 Å². The highest BCUT2D eigenvalue weighted by Gasteiger charge is 2.63. The zero-order chi connectivity index (χ0) is 24.4. The van der Waals surface area contributed by atoms with Crippen molar-refractivity contribution in [2.45, 2.75) is 83.8 Å². The summed E-state index contributed by atoms with van der Waals surface area (Å²) in [4.78, 5) is 18.0. The summed E-state index contributed by atoms with van der Waals surface area (Å²) in [6.45, 7) is 5.62. The van der Waals surface area contributed by atoms with Crippen LogP contribution in [-0.2, 0) is 16.1 Å². The Labute approximate surface area is 208 Å². The molecule has 0 amide bonds. The van der Waals surface area contributed by atoms with Crippen molar-refractivity contribution in [2.75, 3.05) is 13.7 Å². The van der Waals surface area contributed by atoms with Gasteiger partial charge in [-0.25, -0.2) is 0 Å². The molecule has 4 fully saturated rings. The quantitative estimate of drug-likeness (QED) is 0.650. The van der Waals surface area contributed by atoms with E-state index in [0.29, 0.717) is 36.0 Å². The lowest BCUT2D eigenvalue weighted by atomic mass is 9.43. The number of hydrogen-bond donors (Lipinski definition) is 1. The van der Waals surface area contributed by atoms with Gasteiger partial charge in [0.25, 0.3) is 0 Å². The molecule has 0 aromatic carbocycles. The van der Waals surface area contributed by atoms with E-state index >= 15 is 0 Å². The van der Waals surface area contributed by atoms with Crippen LogP contribution in [0.5, 0.6) is 0 Å². The Morgan fingerprint density at radius 2 is 1.97 bits per heavy atom. The molecule has 6 nitrogen and oxygen atoms in total. The molecule has 8 atom stereocenters. The zero-order valence-electron chi connectivity index (χ0n) is 21.6. The number of fused-ring (bicyclic) bond motifs is 6. The van der Waals surface area contributed by atoms with Crippen LogP contribution in [0.3, 0.4) is 0 Å². The van der Waals surface area contributed by atoms with E-state index in [1.165, 1.54) is 25.7 Å². The third kappa shape index (κ3) is 3.61. The highest BCUT2D eigenvalue weighted by atomic mass is 16.5. The molecule has 0 aliphatic heterocycles. The van der Waals surface area contributed by atoms with E-state index in [2.05, 4.69) is 17.0 Å². The van der Waals surface area contributed by atoms with Crippen LogP contribution in [0.25, 0.3) is 10.9 Å². The fourth-order valence-electron chi connectivity index (χ4n) is 9.61. The van der Waals surface area contributed by atoms with Crippen molar-refractivity contribution < 1.29 is 14.6 Å². The number of aromatic nitrogens is 3. The molecule has 0 saturated heterocycles. The number of rotatable bonds is 5. The van der Waals surface area contributed by atoms with Crippen molar-refractivity contribution in [3.05, 3.63) is 24.7 Å². The first-order chi connectivity index (χ1) is 16.8. The zero-order valence-corrected chi connectivity index (χ0v) is 21.6. The molecular formula is C29H41N3O3. The maximum Gasteiger partial charge on any atom is 0.157 e. The molecule has 4 saturated carbocycles. The molecule has 6 rings (SSSR count).